The van der Waals surface area contributed by atoms with E-state index in [0.717, 1.165) is 12.1 Å². The molecule has 1 aliphatic rings. The third kappa shape index (κ3) is 5.44. The van der Waals surface area contributed by atoms with E-state index in [9.17, 15) is 19.4 Å². The molecule has 1 fully saturated rings. The fraction of sp³-hybridized carbons (Fsp3) is 0.381. The minimum Gasteiger partial charge on any atom is -0.493 e. The highest BCUT2D eigenvalue weighted by molar-refractivity contribution is 6.33. The second-order valence-corrected chi connectivity index (χ2v) is 7.50. The number of anilines is 1. The maximum atomic E-state index is 13.2. The predicted octanol–water partition coefficient (Wildman–Crippen LogP) is 1.69. The van der Waals surface area contributed by atoms with Gasteiger partial charge in [-0.25, -0.2) is 9.29 Å². The Kier molecular flexibility index (Phi) is 7.34. The van der Waals surface area contributed by atoms with Gasteiger partial charge in [0.1, 0.15) is 11.6 Å². The number of halogens is 2. The zero-order valence-corrected chi connectivity index (χ0v) is 17.7. The van der Waals surface area contributed by atoms with E-state index in [1.54, 1.807) is 6.92 Å². The van der Waals surface area contributed by atoms with E-state index in [1.807, 2.05) is 0 Å². The molecule has 10 heteroatoms. The summed E-state index contributed by atoms with van der Waals surface area (Å²) in [5.74, 6) is -2.89. The first-order chi connectivity index (χ1) is 14.7. The molecule has 1 saturated heterocycles. The largest absolute Gasteiger partial charge is 0.493 e. The van der Waals surface area contributed by atoms with Gasteiger partial charge in [0.15, 0.2) is 0 Å². The lowest BCUT2D eigenvalue weighted by atomic mass is 10.1. The van der Waals surface area contributed by atoms with Gasteiger partial charge >= 0.3 is 0 Å². The van der Waals surface area contributed by atoms with E-state index in [2.05, 4.69) is 5.32 Å². The van der Waals surface area contributed by atoms with Crippen LogP contribution >= 0.6 is 11.6 Å². The van der Waals surface area contributed by atoms with Crippen LogP contribution < -0.4 is 15.8 Å². The number of morpholine rings is 1. The second kappa shape index (κ2) is 9.80. The van der Waals surface area contributed by atoms with Crippen LogP contribution in [-0.4, -0.2) is 60.0 Å². The van der Waals surface area contributed by atoms with Crippen molar-refractivity contribution in [2.24, 2.45) is 0 Å². The average molecular weight is 454 g/mol. The summed E-state index contributed by atoms with van der Waals surface area (Å²) in [6, 6.07) is 7.86. The van der Waals surface area contributed by atoms with E-state index in [1.165, 1.54) is 29.2 Å². The quantitative estimate of drug-likeness (QED) is 0.372. The molecule has 1 amide bonds. The molecule has 1 unspecified atom stereocenters. The van der Waals surface area contributed by atoms with Gasteiger partial charge in [0, 0.05) is 31.3 Å². The second-order valence-electron chi connectivity index (χ2n) is 7.09. The van der Waals surface area contributed by atoms with Crippen molar-refractivity contribution in [3.8, 4) is 5.75 Å². The van der Waals surface area contributed by atoms with Gasteiger partial charge in [0.25, 0.3) is 11.8 Å². The predicted molar refractivity (Wildman–Crippen MR) is 113 cm³/mol. The molecule has 8 nitrogen and oxygen atoms in total. The van der Waals surface area contributed by atoms with Crippen molar-refractivity contribution in [3.05, 3.63) is 58.4 Å². The number of hydrogen-bond acceptors (Lipinski definition) is 7. The molecule has 1 heterocycles. The summed E-state index contributed by atoms with van der Waals surface area (Å²) in [7, 11) is 0. The summed E-state index contributed by atoms with van der Waals surface area (Å²) in [4.78, 5) is 14.1. The summed E-state index contributed by atoms with van der Waals surface area (Å²) in [5.41, 5.74) is 6.46. The third-order valence-electron chi connectivity index (χ3n) is 4.94. The molecule has 0 aromatic heterocycles. The molecule has 0 bridgehead atoms. The number of hydrogen-bond donors (Lipinski definition) is 4. The van der Waals surface area contributed by atoms with Gasteiger partial charge in [-0.3, -0.25) is 4.79 Å². The van der Waals surface area contributed by atoms with Crippen LogP contribution in [0.2, 0.25) is 5.02 Å². The number of benzene rings is 2. The summed E-state index contributed by atoms with van der Waals surface area (Å²) in [6.07, 6.45) is -0.503. The molecule has 2 aromatic rings. The van der Waals surface area contributed by atoms with Crippen LogP contribution in [0.3, 0.4) is 0 Å². The molecule has 168 valence electrons. The van der Waals surface area contributed by atoms with Crippen LogP contribution in [0.4, 0.5) is 10.1 Å². The highest BCUT2D eigenvalue weighted by Gasteiger charge is 2.37. The number of carbonyl (C=O) groups is 1. The Bertz CT molecular complexity index is 926. The number of amides is 1. The molecule has 2 aromatic carbocycles. The fourth-order valence-electron chi connectivity index (χ4n) is 3.31. The Labute approximate surface area is 184 Å². The molecule has 0 saturated carbocycles. The molecular formula is C21H25ClFN3O5. The molecule has 0 radical (unpaired) electrons. The maximum Gasteiger partial charge on any atom is 0.255 e. The molecule has 1 aliphatic heterocycles. The topological polar surface area (TPSA) is 117 Å². The highest BCUT2D eigenvalue weighted by Crippen LogP contribution is 2.29. The Balaban J connectivity index is 1.65. The molecular weight excluding hydrogens is 429 g/mol. The van der Waals surface area contributed by atoms with Crippen LogP contribution in [0.15, 0.2) is 36.4 Å². The van der Waals surface area contributed by atoms with Gasteiger partial charge in [0.2, 0.25) is 0 Å². The van der Waals surface area contributed by atoms with E-state index >= 15 is 0 Å². The minimum absolute atomic E-state index is 0.113. The van der Waals surface area contributed by atoms with Crippen molar-refractivity contribution in [2.45, 2.75) is 18.9 Å². The lowest BCUT2D eigenvalue weighted by molar-refractivity contribution is -0.292. The van der Waals surface area contributed by atoms with Crippen LogP contribution in [0.5, 0.6) is 5.75 Å². The SMILES string of the molecule is CCOc1cc(N)c(Cl)cc1C(=O)NCC1CN(C(O)(O)c2ccc(F)cc2)CCO1. The average Bonchev–Trinajstić information content (AvgIpc) is 2.75. The van der Waals surface area contributed by atoms with Crippen molar-refractivity contribution in [1.82, 2.24) is 10.2 Å². The number of nitrogens with zero attached hydrogens (tertiary/aromatic N) is 1. The van der Waals surface area contributed by atoms with Crippen molar-refractivity contribution >= 4 is 23.2 Å². The molecule has 31 heavy (non-hydrogen) atoms. The van der Waals surface area contributed by atoms with Gasteiger partial charge in [-0.1, -0.05) is 11.6 Å². The van der Waals surface area contributed by atoms with Crippen molar-refractivity contribution in [3.63, 3.8) is 0 Å². The lowest BCUT2D eigenvalue weighted by Gasteiger charge is -2.40. The number of nitrogen functional groups attached to an aromatic ring is 1. The molecule has 5 N–H and O–H groups in total. The van der Waals surface area contributed by atoms with Gasteiger partial charge in [-0.2, -0.15) is 0 Å². The Morgan fingerprint density at radius 3 is 2.77 bits per heavy atom. The number of rotatable bonds is 7. The van der Waals surface area contributed by atoms with E-state index in [4.69, 9.17) is 26.8 Å². The van der Waals surface area contributed by atoms with Gasteiger partial charge < -0.3 is 30.7 Å². The van der Waals surface area contributed by atoms with Gasteiger partial charge in [0.05, 0.1) is 35.6 Å². The van der Waals surface area contributed by atoms with E-state index < -0.39 is 23.7 Å². The van der Waals surface area contributed by atoms with Crippen LogP contribution in [0.25, 0.3) is 0 Å². The number of nitrogens with one attached hydrogen (secondary N) is 1. The smallest absolute Gasteiger partial charge is 0.255 e. The molecule has 3 rings (SSSR count). The zero-order valence-electron chi connectivity index (χ0n) is 17.0. The summed E-state index contributed by atoms with van der Waals surface area (Å²) in [5, 5.41) is 24.2. The van der Waals surface area contributed by atoms with Crippen LogP contribution in [0.1, 0.15) is 22.8 Å². The van der Waals surface area contributed by atoms with Crippen LogP contribution in [-0.2, 0) is 10.6 Å². The molecule has 0 spiro atoms. The third-order valence-corrected chi connectivity index (χ3v) is 5.27. The number of carbonyl (C=O) groups excluding carboxylic acids is 1. The Morgan fingerprint density at radius 1 is 1.39 bits per heavy atom. The van der Waals surface area contributed by atoms with E-state index in [0.29, 0.717) is 18.0 Å². The monoisotopic (exact) mass is 453 g/mol. The van der Waals surface area contributed by atoms with Gasteiger partial charge in [-0.15, -0.1) is 0 Å². The van der Waals surface area contributed by atoms with Gasteiger partial charge in [-0.05, 0) is 37.3 Å². The molecule has 0 aliphatic carbocycles. The first-order valence-electron chi connectivity index (χ1n) is 9.79. The van der Waals surface area contributed by atoms with Crippen LogP contribution in [0, 0.1) is 5.82 Å². The van der Waals surface area contributed by atoms with Crippen molar-refractivity contribution in [1.29, 1.82) is 0 Å². The summed E-state index contributed by atoms with van der Waals surface area (Å²) >= 11 is 6.05. The van der Waals surface area contributed by atoms with Crippen molar-refractivity contribution in [2.75, 3.05) is 38.6 Å². The normalized spacial score (nSPS) is 17.4. The minimum atomic E-state index is -2.30. The van der Waals surface area contributed by atoms with E-state index in [-0.39, 0.29) is 42.4 Å². The zero-order chi connectivity index (χ0) is 22.6. The number of nitrogens with two attached hydrogens (primary N) is 1. The lowest BCUT2D eigenvalue weighted by Crippen LogP contribution is -2.56. The summed E-state index contributed by atoms with van der Waals surface area (Å²) in [6.45, 7) is 2.85. The first-order valence-corrected chi connectivity index (χ1v) is 10.2. The number of aliphatic hydroxyl groups is 2. The first kappa shape index (κ1) is 23.2. The maximum absolute atomic E-state index is 13.2. The Hall–Kier alpha value is -2.43. The number of ether oxygens (including phenoxy) is 2. The standard InChI is InChI=1S/C21H25ClFN3O5/c1-2-30-19-10-18(24)17(22)9-16(19)20(27)25-11-15-12-26(7-8-31-15)21(28,29)13-3-5-14(23)6-4-13/h3-6,9-10,15,28-29H,2,7-8,11-12,24H2,1H3,(H,25,27). The molecule has 1 atom stereocenters. The summed E-state index contributed by atoms with van der Waals surface area (Å²) < 4.78 is 24.3. The van der Waals surface area contributed by atoms with Crippen molar-refractivity contribution < 1.29 is 28.9 Å². The fourth-order valence-corrected chi connectivity index (χ4v) is 3.47. The highest BCUT2D eigenvalue weighted by atomic mass is 35.5. The Morgan fingerprint density at radius 2 is 2.10 bits per heavy atom.